The van der Waals surface area contributed by atoms with Crippen molar-refractivity contribution in [2.45, 2.75) is 58.6 Å². The van der Waals surface area contributed by atoms with Gasteiger partial charge in [0.05, 0.1) is 0 Å². The lowest BCUT2D eigenvalue weighted by atomic mass is 10.1. The number of carbonyl (C=O) groups is 1. The normalized spacial score (nSPS) is 25.5. The van der Waals surface area contributed by atoms with Crippen molar-refractivity contribution in [3.63, 3.8) is 0 Å². The molecule has 1 saturated heterocycles. The lowest BCUT2D eigenvalue weighted by Gasteiger charge is -2.41. The zero-order valence-corrected chi connectivity index (χ0v) is 12.8. The summed E-state index contributed by atoms with van der Waals surface area (Å²) in [6.07, 6.45) is 3.73. The van der Waals surface area contributed by atoms with Crippen molar-refractivity contribution in [2.75, 3.05) is 26.2 Å². The lowest BCUT2D eigenvalue weighted by Crippen LogP contribution is -2.55. The van der Waals surface area contributed by atoms with Gasteiger partial charge in [0.15, 0.2) is 0 Å². The number of piperazine rings is 1. The lowest BCUT2D eigenvalue weighted by molar-refractivity contribution is 0.00263. The maximum absolute atomic E-state index is 12.1. The first-order valence-corrected chi connectivity index (χ1v) is 7.61. The van der Waals surface area contributed by atoms with E-state index in [0.29, 0.717) is 6.04 Å². The number of rotatable bonds is 3. The largest absolute Gasteiger partial charge is 0.444 e. The predicted molar refractivity (Wildman–Crippen MR) is 76.2 cm³/mol. The maximum Gasteiger partial charge on any atom is 0.410 e. The standard InChI is InChI=1S/C15H28N2O2/c1-5-13-11-17(14(18)19-15(2,3)4)9-8-16(13)10-12-6-7-12/h12-13H,5-11H2,1-4H3/t13-/m1/s1. The molecule has 0 unspecified atom stereocenters. The van der Waals surface area contributed by atoms with Crippen molar-refractivity contribution >= 4 is 6.09 Å². The van der Waals surface area contributed by atoms with Crippen molar-refractivity contribution < 1.29 is 9.53 Å². The average Bonchev–Trinajstić information content (AvgIpc) is 3.11. The van der Waals surface area contributed by atoms with Crippen molar-refractivity contribution in [2.24, 2.45) is 5.92 Å². The van der Waals surface area contributed by atoms with E-state index < -0.39 is 5.60 Å². The fraction of sp³-hybridized carbons (Fsp3) is 0.933. The van der Waals surface area contributed by atoms with Crippen LogP contribution in [0.5, 0.6) is 0 Å². The van der Waals surface area contributed by atoms with Crippen LogP contribution in [0.2, 0.25) is 0 Å². The summed E-state index contributed by atoms with van der Waals surface area (Å²) >= 11 is 0. The van der Waals surface area contributed by atoms with Crippen molar-refractivity contribution in [3.8, 4) is 0 Å². The molecule has 2 fully saturated rings. The third-order valence-electron chi connectivity index (χ3n) is 3.92. The summed E-state index contributed by atoms with van der Waals surface area (Å²) < 4.78 is 5.47. The minimum atomic E-state index is -0.399. The minimum Gasteiger partial charge on any atom is -0.444 e. The highest BCUT2D eigenvalue weighted by molar-refractivity contribution is 5.68. The summed E-state index contributed by atoms with van der Waals surface area (Å²) in [7, 11) is 0. The van der Waals surface area contributed by atoms with E-state index >= 15 is 0 Å². The van der Waals surface area contributed by atoms with Gasteiger partial charge in [-0.15, -0.1) is 0 Å². The van der Waals surface area contributed by atoms with Gasteiger partial charge in [0, 0.05) is 32.2 Å². The molecule has 1 atom stereocenters. The zero-order valence-electron chi connectivity index (χ0n) is 12.8. The first kappa shape index (κ1) is 14.6. The van der Waals surface area contributed by atoms with Crippen LogP contribution < -0.4 is 0 Å². The first-order valence-electron chi connectivity index (χ1n) is 7.61. The van der Waals surface area contributed by atoms with Crippen molar-refractivity contribution in [1.29, 1.82) is 0 Å². The molecule has 0 bridgehead atoms. The van der Waals surface area contributed by atoms with E-state index in [-0.39, 0.29) is 6.09 Å². The number of hydrogen-bond acceptors (Lipinski definition) is 3. The second-order valence-electron chi connectivity index (χ2n) is 6.93. The fourth-order valence-corrected chi connectivity index (χ4v) is 2.64. The van der Waals surface area contributed by atoms with Crippen LogP contribution in [0.25, 0.3) is 0 Å². The second kappa shape index (κ2) is 5.70. The van der Waals surface area contributed by atoms with Crippen LogP contribution in [0.3, 0.4) is 0 Å². The van der Waals surface area contributed by atoms with E-state index in [4.69, 9.17) is 4.74 Å². The molecule has 1 amide bonds. The Kier molecular flexibility index (Phi) is 4.39. The number of hydrogen-bond donors (Lipinski definition) is 0. The summed E-state index contributed by atoms with van der Waals surface area (Å²) in [5.74, 6) is 0.919. The van der Waals surface area contributed by atoms with Crippen LogP contribution in [-0.2, 0) is 4.74 Å². The van der Waals surface area contributed by atoms with Gasteiger partial charge in [-0.3, -0.25) is 4.90 Å². The molecule has 1 aliphatic carbocycles. The van der Waals surface area contributed by atoms with Crippen LogP contribution in [0.4, 0.5) is 4.79 Å². The third-order valence-corrected chi connectivity index (χ3v) is 3.92. The van der Waals surface area contributed by atoms with Crippen LogP contribution in [-0.4, -0.2) is 53.7 Å². The first-order chi connectivity index (χ1) is 8.89. The Hall–Kier alpha value is -0.770. The van der Waals surface area contributed by atoms with Crippen LogP contribution in [0.1, 0.15) is 47.0 Å². The highest BCUT2D eigenvalue weighted by Crippen LogP contribution is 2.31. The minimum absolute atomic E-state index is 0.156. The number of amides is 1. The van der Waals surface area contributed by atoms with Gasteiger partial charge in [0.2, 0.25) is 0 Å². The highest BCUT2D eigenvalue weighted by Gasteiger charge is 2.33. The van der Waals surface area contributed by atoms with E-state index in [1.54, 1.807) is 0 Å². The molecule has 1 aliphatic heterocycles. The van der Waals surface area contributed by atoms with Gasteiger partial charge in [0.1, 0.15) is 5.60 Å². The van der Waals surface area contributed by atoms with Gasteiger partial charge in [-0.05, 0) is 46.0 Å². The van der Waals surface area contributed by atoms with E-state index in [9.17, 15) is 4.79 Å². The van der Waals surface area contributed by atoms with Gasteiger partial charge in [-0.2, -0.15) is 0 Å². The molecule has 0 N–H and O–H groups in total. The molecule has 0 aromatic rings. The summed E-state index contributed by atoms with van der Waals surface area (Å²) in [6, 6.07) is 0.502. The molecule has 2 rings (SSSR count). The topological polar surface area (TPSA) is 32.8 Å². The molecule has 4 heteroatoms. The Balaban J connectivity index is 1.86. The molecule has 0 radical (unpaired) electrons. The molecule has 4 nitrogen and oxygen atoms in total. The Morgan fingerprint density at radius 3 is 2.47 bits per heavy atom. The third kappa shape index (κ3) is 4.37. The molecular weight excluding hydrogens is 240 g/mol. The fourth-order valence-electron chi connectivity index (χ4n) is 2.64. The van der Waals surface area contributed by atoms with Crippen molar-refractivity contribution in [3.05, 3.63) is 0 Å². The zero-order chi connectivity index (χ0) is 14.0. The summed E-state index contributed by atoms with van der Waals surface area (Å²) in [6.45, 7) is 11.8. The SMILES string of the molecule is CC[C@@H]1CN(C(=O)OC(C)(C)C)CCN1CC1CC1. The van der Waals surface area contributed by atoms with Crippen LogP contribution in [0, 0.1) is 5.92 Å². The summed E-state index contributed by atoms with van der Waals surface area (Å²) in [5, 5.41) is 0. The molecule has 2 aliphatic rings. The quantitative estimate of drug-likeness (QED) is 0.789. The summed E-state index contributed by atoms with van der Waals surface area (Å²) in [4.78, 5) is 16.5. The van der Waals surface area contributed by atoms with E-state index in [0.717, 1.165) is 32.0 Å². The number of nitrogens with zero attached hydrogens (tertiary/aromatic N) is 2. The van der Waals surface area contributed by atoms with E-state index in [1.807, 2.05) is 25.7 Å². The molecule has 1 heterocycles. The Bertz CT molecular complexity index is 321. The molecule has 0 spiro atoms. The second-order valence-corrected chi connectivity index (χ2v) is 6.93. The Morgan fingerprint density at radius 1 is 1.26 bits per heavy atom. The van der Waals surface area contributed by atoms with E-state index in [2.05, 4.69) is 11.8 Å². The van der Waals surface area contributed by atoms with Crippen molar-refractivity contribution in [1.82, 2.24) is 9.80 Å². The van der Waals surface area contributed by atoms with Crippen LogP contribution >= 0.6 is 0 Å². The van der Waals surface area contributed by atoms with E-state index in [1.165, 1.54) is 19.4 Å². The molecule has 19 heavy (non-hydrogen) atoms. The van der Waals surface area contributed by atoms with Gasteiger partial charge in [0.25, 0.3) is 0 Å². The highest BCUT2D eigenvalue weighted by atomic mass is 16.6. The Morgan fingerprint density at radius 2 is 1.95 bits per heavy atom. The number of carbonyl (C=O) groups excluding carboxylic acids is 1. The summed E-state index contributed by atoms with van der Waals surface area (Å²) in [5.41, 5.74) is -0.399. The predicted octanol–water partition coefficient (Wildman–Crippen LogP) is 2.73. The van der Waals surface area contributed by atoms with Gasteiger partial charge < -0.3 is 9.64 Å². The molecule has 0 aromatic carbocycles. The van der Waals surface area contributed by atoms with Gasteiger partial charge in [-0.1, -0.05) is 6.92 Å². The van der Waals surface area contributed by atoms with Gasteiger partial charge in [-0.25, -0.2) is 4.79 Å². The molecular formula is C15H28N2O2. The average molecular weight is 268 g/mol. The number of ether oxygens (including phenoxy) is 1. The smallest absolute Gasteiger partial charge is 0.410 e. The Labute approximate surface area is 117 Å². The molecule has 110 valence electrons. The van der Waals surface area contributed by atoms with Gasteiger partial charge >= 0.3 is 6.09 Å². The monoisotopic (exact) mass is 268 g/mol. The molecule has 1 saturated carbocycles. The maximum atomic E-state index is 12.1. The van der Waals surface area contributed by atoms with Crippen LogP contribution in [0.15, 0.2) is 0 Å². The molecule has 0 aromatic heterocycles.